The molecule has 0 aliphatic rings. The van der Waals surface area contributed by atoms with Crippen LogP contribution in [0, 0.1) is 0 Å². The minimum atomic E-state index is -0.758. The van der Waals surface area contributed by atoms with Crippen LogP contribution in [-0.4, -0.2) is 23.0 Å². The minimum absolute atomic E-state index is 0.187. The Labute approximate surface area is 118 Å². The van der Waals surface area contributed by atoms with Crippen LogP contribution in [0.4, 0.5) is 5.95 Å². The predicted octanol–water partition coefficient (Wildman–Crippen LogP) is 2.40. The van der Waals surface area contributed by atoms with Crippen LogP contribution in [0.1, 0.15) is 19.4 Å². The van der Waals surface area contributed by atoms with Crippen LogP contribution in [0.2, 0.25) is 0 Å². The first-order chi connectivity index (χ1) is 9.55. The zero-order valence-corrected chi connectivity index (χ0v) is 11.8. The highest BCUT2D eigenvalue weighted by atomic mass is 16.5. The Balaban J connectivity index is 2.27. The lowest BCUT2D eigenvalue weighted by Crippen LogP contribution is -2.35. The molecule has 0 bridgehead atoms. The molecular weight excluding hydrogens is 254 g/mol. The zero-order chi connectivity index (χ0) is 14.6. The second kappa shape index (κ2) is 5.69. The van der Waals surface area contributed by atoms with E-state index < -0.39 is 5.41 Å². The van der Waals surface area contributed by atoms with Crippen molar-refractivity contribution >= 4 is 11.9 Å². The van der Waals surface area contributed by atoms with E-state index in [9.17, 15) is 4.79 Å². The Kier molecular flexibility index (Phi) is 3.98. The first-order valence-electron chi connectivity index (χ1n) is 6.27. The monoisotopic (exact) mass is 271 g/mol. The van der Waals surface area contributed by atoms with Gasteiger partial charge in [0.15, 0.2) is 0 Å². The number of carbonyl (C=O) groups is 1. The van der Waals surface area contributed by atoms with Crippen LogP contribution in [0.3, 0.4) is 0 Å². The van der Waals surface area contributed by atoms with Crippen LogP contribution < -0.4 is 10.1 Å². The van der Waals surface area contributed by atoms with Crippen LogP contribution in [-0.2, 0) is 10.2 Å². The van der Waals surface area contributed by atoms with E-state index in [0.717, 1.165) is 5.56 Å². The Morgan fingerprint density at radius 2 is 1.80 bits per heavy atom. The summed E-state index contributed by atoms with van der Waals surface area (Å²) in [7, 11) is 1.59. The van der Waals surface area contributed by atoms with Crippen molar-refractivity contribution in [3.05, 3.63) is 48.3 Å². The third-order valence-corrected chi connectivity index (χ3v) is 3.14. The molecule has 2 rings (SSSR count). The molecule has 0 unspecified atom stereocenters. The van der Waals surface area contributed by atoms with Gasteiger partial charge in [-0.2, -0.15) is 0 Å². The topological polar surface area (TPSA) is 64.1 Å². The van der Waals surface area contributed by atoms with Crippen molar-refractivity contribution in [2.24, 2.45) is 0 Å². The summed E-state index contributed by atoms with van der Waals surface area (Å²) in [5, 5.41) is 2.72. The van der Waals surface area contributed by atoms with E-state index >= 15 is 0 Å². The molecule has 104 valence electrons. The normalized spacial score (nSPS) is 10.9. The van der Waals surface area contributed by atoms with E-state index in [4.69, 9.17) is 4.74 Å². The van der Waals surface area contributed by atoms with Gasteiger partial charge in [-0.15, -0.1) is 0 Å². The van der Waals surface area contributed by atoms with E-state index in [1.807, 2.05) is 38.1 Å². The second-order valence-corrected chi connectivity index (χ2v) is 4.85. The second-order valence-electron chi connectivity index (χ2n) is 4.85. The number of benzene rings is 1. The maximum Gasteiger partial charge on any atom is 0.236 e. The first kappa shape index (κ1) is 14.0. The Bertz CT molecular complexity index is 597. The number of methoxy groups -OCH3 is 1. The van der Waals surface area contributed by atoms with Gasteiger partial charge in [0.1, 0.15) is 5.75 Å². The maximum absolute atomic E-state index is 12.5. The number of anilines is 1. The van der Waals surface area contributed by atoms with E-state index in [-0.39, 0.29) is 5.91 Å². The van der Waals surface area contributed by atoms with Crippen LogP contribution in [0.5, 0.6) is 5.75 Å². The molecule has 0 saturated heterocycles. The number of para-hydroxylation sites is 1. The van der Waals surface area contributed by atoms with Crippen LogP contribution in [0.25, 0.3) is 0 Å². The van der Waals surface area contributed by atoms with Gasteiger partial charge < -0.3 is 4.74 Å². The van der Waals surface area contributed by atoms with Crippen molar-refractivity contribution < 1.29 is 9.53 Å². The van der Waals surface area contributed by atoms with Gasteiger partial charge in [-0.25, -0.2) is 9.97 Å². The summed E-state index contributed by atoms with van der Waals surface area (Å²) in [6.07, 6.45) is 3.16. The minimum Gasteiger partial charge on any atom is -0.496 e. The average molecular weight is 271 g/mol. The summed E-state index contributed by atoms with van der Waals surface area (Å²) in [5.41, 5.74) is 0.0575. The largest absolute Gasteiger partial charge is 0.496 e. The zero-order valence-electron chi connectivity index (χ0n) is 11.8. The standard InChI is InChI=1S/C15H17N3O2/c1-15(2,11-7-4-5-8-12(11)20-3)13(19)18-14-16-9-6-10-17-14/h4-10H,1-3H3,(H,16,17,18,19). The number of nitrogens with zero attached hydrogens (tertiary/aromatic N) is 2. The Morgan fingerprint density at radius 3 is 2.45 bits per heavy atom. The third-order valence-electron chi connectivity index (χ3n) is 3.14. The Hall–Kier alpha value is -2.43. The number of carbonyl (C=O) groups excluding carboxylic acids is 1. The maximum atomic E-state index is 12.5. The molecule has 1 N–H and O–H groups in total. The molecule has 0 aliphatic heterocycles. The smallest absolute Gasteiger partial charge is 0.236 e. The molecule has 0 atom stereocenters. The SMILES string of the molecule is COc1ccccc1C(C)(C)C(=O)Nc1ncccn1. The first-order valence-corrected chi connectivity index (χ1v) is 6.27. The van der Waals surface area contributed by atoms with Gasteiger partial charge in [-0.3, -0.25) is 10.1 Å². The fourth-order valence-corrected chi connectivity index (χ4v) is 1.90. The summed E-state index contributed by atoms with van der Waals surface area (Å²) >= 11 is 0. The molecule has 0 aliphatic carbocycles. The third kappa shape index (κ3) is 2.77. The fraction of sp³-hybridized carbons (Fsp3) is 0.267. The van der Waals surface area contributed by atoms with Gasteiger partial charge in [-0.1, -0.05) is 18.2 Å². The number of aromatic nitrogens is 2. The van der Waals surface area contributed by atoms with Crippen molar-refractivity contribution in [3.8, 4) is 5.75 Å². The summed E-state index contributed by atoms with van der Waals surface area (Å²) in [4.78, 5) is 20.4. The van der Waals surface area contributed by atoms with Crippen molar-refractivity contribution in [1.29, 1.82) is 0 Å². The molecule has 1 amide bonds. The van der Waals surface area contributed by atoms with Gasteiger partial charge in [0.05, 0.1) is 12.5 Å². The highest BCUT2D eigenvalue weighted by molar-refractivity contribution is 5.97. The molecule has 1 heterocycles. The quantitative estimate of drug-likeness (QED) is 0.927. The van der Waals surface area contributed by atoms with Gasteiger partial charge in [0.2, 0.25) is 11.9 Å². The number of rotatable bonds is 4. The van der Waals surface area contributed by atoms with Gasteiger partial charge in [-0.05, 0) is 26.0 Å². The highest BCUT2D eigenvalue weighted by Gasteiger charge is 2.32. The van der Waals surface area contributed by atoms with Crippen molar-refractivity contribution in [2.75, 3.05) is 12.4 Å². The van der Waals surface area contributed by atoms with Crippen LogP contribution in [0.15, 0.2) is 42.7 Å². The van der Waals surface area contributed by atoms with E-state index in [1.54, 1.807) is 25.6 Å². The molecular formula is C15H17N3O2. The predicted molar refractivity (Wildman–Crippen MR) is 76.7 cm³/mol. The number of nitrogens with one attached hydrogen (secondary N) is 1. The summed E-state index contributed by atoms with van der Waals surface area (Å²) < 4.78 is 5.32. The van der Waals surface area contributed by atoms with Gasteiger partial charge in [0, 0.05) is 18.0 Å². The molecule has 2 aromatic rings. The average Bonchev–Trinajstić information content (AvgIpc) is 2.48. The van der Waals surface area contributed by atoms with Crippen molar-refractivity contribution in [3.63, 3.8) is 0 Å². The van der Waals surface area contributed by atoms with Gasteiger partial charge in [0.25, 0.3) is 0 Å². The molecule has 0 radical (unpaired) electrons. The van der Waals surface area contributed by atoms with Crippen LogP contribution >= 0.6 is 0 Å². The summed E-state index contributed by atoms with van der Waals surface area (Å²) in [6, 6.07) is 9.16. The summed E-state index contributed by atoms with van der Waals surface area (Å²) in [5.74, 6) is 0.787. The lowest BCUT2D eigenvalue weighted by molar-refractivity contribution is -0.120. The molecule has 0 saturated carbocycles. The highest BCUT2D eigenvalue weighted by Crippen LogP contribution is 2.32. The van der Waals surface area contributed by atoms with Crippen molar-refractivity contribution in [1.82, 2.24) is 9.97 Å². The molecule has 1 aromatic heterocycles. The number of hydrogen-bond acceptors (Lipinski definition) is 4. The fourth-order valence-electron chi connectivity index (χ4n) is 1.90. The molecule has 1 aromatic carbocycles. The molecule has 0 spiro atoms. The number of ether oxygens (including phenoxy) is 1. The molecule has 5 heteroatoms. The van der Waals surface area contributed by atoms with E-state index in [0.29, 0.717) is 11.7 Å². The number of hydrogen-bond donors (Lipinski definition) is 1. The Morgan fingerprint density at radius 1 is 1.15 bits per heavy atom. The number of amides is 1. The lowest BCUT2D eigenvalue weighted by atomic mass is 9.83. The molecule has 5 nitrogen and oxygen atoms in total. The van der Waals surface area contributed by atoms with Gasteiger partial charge >= 0.3 is 0 Å². The molecule has 0 fully saturated rings. The van der Waals surface area contributed by atoms with E-state index in [2.05, 4.69) is 15.3 Å². The lowest BCUT2D eigenvalue weighted by Gasteiger charge is -2.25. The van der Waals surface area contributed by atoms with Crippen molar-refractivity contribution in [2.45, 2.75) is 19.3 Å². The molecule has 20 heavy (non-hydrogen) atoms. The van der Waals surface area contributed by atoms with E-state index in [1.165, 1.54) is 0 Å². The summed E-state index contributed by atoms with van der Waals surface area (Å²) in [6.45, 7) is 3.67.